The number of sulfonamides is 1. The number of hydrogen-bond acceptors (Lipinski definition) is 5. The van der Waals surface area contributed by atoms with Crippen molar-refractivity contribution in [3.8, 4) is 5.69 Å². The summed E-state index contributed by atoms with van der Waals surface area (Å²) in [7, 11) is -3.96. The molecule has 0 unspecified atom stereocenters. The summed E-state index contributed by atoms with van der Waals surface area (Å²) >= 11 is 12.2. The number of rotatable bonds is 9. The van der Waals surface area contributed by atoms with Crippen molar-refractivity contribution in [1.82, 2.24) is 14.3 Å². The minimum Gasteiger partial charge on any atom is -0.468 e. The molecule has 0 bridgehead atoms. The quantitative estimate of drug-likeness (QED) is 0.221. The summed E-state index contributed by atoms with van der Waals surface area (Å²) in [4.78, 5) is 12.8. The Kier molecular flexibility index (Phi) is 8.19. The Morgan fingerprint density at radius 1 is 1.05 bits per heavy atom. The van der Waals surface area contributed by atoms with Gasteiger partial charge in [0.25, 0.3) is 5.91 Å². The number of aromatic nitrogens is 1. The summed E-state index contributed by atoms with van der Waals surface area (Å²) in [5.74, 6) is -0.189. The van der Waals surface area contributed by atoms with Gasteiger partial charge in [-0.3, -0.25) is 4.79 Å². The van der Waals surface area contributed by atoms with E-state index in [0.717, 1.165) is 26.9 Å². The first-order valence-corrected chi connectivity index (χ1v) is 13.4. The molecule has 0 aliphatic carbocycles. The van der Waals surface area contributed by atoms with Gasteiger partial charge >= 0.3 is 0 Å². The third-order valence-corrected chi connectivity index (χ3v) is 8.18. The standard InChI is InChI=1S/C26H24Cl2N4O4S/c1-18-13-20(19(2)32(18)21-10-11-24(27)25(28)14-21)15-29-30-26(33)17-31(16-22-7-6-12-36-22)37(34,35)23-8-4-3-5-9-23/h3-15H,16-17H2,1-2H3,(H,30,33)/b29-15+. The molecule has 4 rings (SSSR count). The van der Waals surface area contributed by atoms with Crippen LogP contribution in [0.1, 0.15) is 22.7 Å². The molecule has 0 aliphatic rings. The number of nitrogens with one attached hydrogen (secondary N) is 1. The van der Waals surface area contributed by atoms with Gasteiger partial charge in [0.2, 0.25) is 10.0 Å². The van der Waals surface area contributed by atoms with Crippen LogP contribution >= 0.6 is 23.2 Å². The molecule has 8 nitrogen and oxygen atoms in total. The summed E-state index contributed by atoms with van der Waals surface area (Å²) in [5, 5.41) is 4.97. The van der Waals surface area contributed by atoms with Gasteiger partial charge in [0, 0.05) is 22.6 Å². The van der Waals surface area contributed by atoms with E-state index in [2.05, 4.69) is 10.5 Å². The Morgan fingerprint density at radius 2 is 1.81 bits per heavy atom. The molecule has 4 aromatic rings. The van der Waals surface area contributed by atoms with Gasteiger partial charge in [-0.1, -0.05) is 41.4 Å². The number of halogens is 2. The van der Waals surface area contributed by atoms with Crippen molar-refractivity contribution < 1.29 is 17.6 Å². The summed E-state index contributed by atoms with van der Waals surface area (Å²) in [5.41, 5.74) is 5.84. The molecule has 11 heteroatoms. The summed E-state index contributed by atoms with van der Waals surface area (Å²) in [6, 6.07) is 18.5. The number of nitrogens with zero attached hydrogens (tertiary/aromatic N) is 3. The fourth-order valence-electron chi connectivity index (χ4n) is 3.85. The van der Waals surface area contributed by atoms with Crippen LogP contribution in [0.3, 0.4) is 0 Å². The van der Waals surface area contributed by atoms with Gasteiger partial charge in [-0.2, -0.15) is 9.41 Å². The lowest BCUT2D eigenvalue weighted by atomic mass is 10.2. The number of hydrazone groups is 1. The maximum Gasteiger partial charge on any atom is 0.255 e. The van der Waals surface area contributed by atoms with Crippen LogP contribution in [0.15, 0.2) is 87.4 Å². The zero-order chi connectivity index (χ0) is 26.6. The van der Waals surface area contributed by atoms with E-state index in [9.17, 15) is 13.2 Å². The van der Waals surface area contributed by atoms with E-state index in [1.807, 2.05) is 30.5 Å². The monoisotopic (exact) mass is 558 g/mol. The van der Waals surface area contributed by atoms with E-state index in [4.69, 9.17) is 27.6 Å². The number of furan rings is 1. The van der Waals surface area contributed by atoms with Gasteiger partial charge in [-0.25, -0.2) is 13.8 Å². The minimum absolute atomic E-state index is 0.0765. The molecule has 0 fully saturated rings. The van der Waals surface area contributed by atoms with E-state index >= 15 is 0 Å². The summed E-state index contributed by atoms with van der Waals surface area (Å²) in [6.07, 6.45) is 2.96. The molecule has 2 heterocycles. The van der Waals surface area contributed by atoms with E-state index < -0.39 is 22.5 Å². The number of carbonyl (C=O) groups is 1. The molecule has 0 spiro atoms. The fraction of sp³-hybridized carbons (Fsp3) is 0.154. The Labute approximate surface area is 225 Å². The lowest BCUT2D eigenvalue weighted by Gasteiger charge is -2.20. The predicted molar refractivity (Wildman–Crippen MR) is 144 cm³/mol. The van der Waals surface area contributed by atoms with Gasteiger partial charge in [0.1, 0.15) is 5.76 Å². The highest BCUT2D eigenvalue weighted by Gasteiger charge is 2.27. The van der Waals surface area contributed by atoms with Crippen molar-refractivity contribution in [1.29, 1.82) is 0 Å². The minimum atomic E-state index is -3.96. The highest BCUT2D eigenvalue weighted by Crippen LogP contribution is 2.27. The molecule has 0 aliphatic heterocycles. The molecular weight excluding hydrogens is 535 g/mol. The largest absolute Gasteiger partial charge is 0.468 e. The number of amides is 1. The maximum atomic E-state index is 13.2. The van der Waals surface area contributed by atoms with Crippen molar-refractivity contribution in [2.75, 3.05) is 6.54 Å². The van der Waals surface area contributed by atoms with Gasteiger partial charge in [-0.05, 0) is 62.4 Å². The third-order valence-electron chi connectivity index (χ3n) is 5.64. The molecule has 0 saturated heterocycles. The number of hydrogen-bond donors (Lipinski definition) is 1. The van der Waals surface area contributed by atoms with Crippen LogP contribution in [0.25, 0.3) is 5.69 Å². The number of aryl methyl sites for hydroxylation is 1. The Balaban J connectivity index is 1.50. The molecular formula is C26H24Cl2N4O4S. The topological polar surface area (TPSA) is 96.9 Å². The van der Waals surface area contributed by atoms with Crippen molar-refractivity contribution in [3.05, 3.63) is 106 Å². The van der Waals surface area contributed by atoms with Crippen LogP contribution in [0.4, 0.5) is 0 Å². The van der Waals surface area contributed by atoms with E-state index in [1.54, 1.807) is 42.5 Å². The van der Waals surface area contributed by atoms with Crippen LogP contribution in [-0.4, -0.2) is 36.0 Å². The first-order chi connectivity index (χ1) is 17.7. The van der Waals surface area contributed by atoms with Crippen LogP contribution < -0.4 is 5.43 Å². The number of carbonyl (C=O) groups excluding carboxylic acids is 1. The molecule has 2 aromatic carbocycles. The Hall–Kier alpha value is -3.37. The summed E-state index contributed by atoms with van der Waals surface area (Å²) in [6.45, 7) is 3.30. The average Bonchev–Trinajstić information content (AvgIpc) is 3.48. The summed E-state index contributed by atoms with van der Waals surface area (Å²) < 4.78 is 34.7. The van der Waals surface area contributed by atoms with Crippen LogP contribution in [0.5, 0.6) is 0 Å². The highest BCUT2D eigenvalue weighted by molar-refractivity contribution is 7.89. The van der Waals surface area contributed by atoms with Gasteiger partial charge < -0.3 is 8.98 Å². The predicted octanol–water partition coefficient (Wildman–Crippen LogP) is 5.34. The van der Waals surface area contributed by atoms with Gasteiger partial charge in [-0.15, -0.1) is 0 Å². The Bertz CT molecular complexity index is 1530. The Morgan fingerprint density at radius 3 is 2.49 bits per heavy atom. The van der Waals surface area contributed by atoms with E-state index in [0.29, 0.717) is 15.8 Å². The van der Waals surface area contributed by atoms with E-state index in [-0.39, 0.29) is 11.4 Å². The first-order valence-electron chi connectivity index (χ1n) is 11.2. The smallest absolute Gasteiger partial charge is 0.255 e. The molecule has 1 N–H and O–H groups in total. The molecule has 192 valence electrons. The third kappa shape index (κ3) is 6.14. The molecule has 1 amide bonds. The fourth-order valence-corrected chi connectivity index (χ4v) is 5.53. The number of benzene rings is 2. The van der Waals surface area contributed by atoms with E-state index in [1.165, 1.54) is 24.6 Å². The highest BCUT2D eigenvalue weighted by atomic mass is 35.5. The molecule has 2 aromatic heterocycles. The second kappa shape index (κ2) is 11.4. The zero-order valence-electron chi connectivity index (χ0n) is 20.1. The maximum absolute atomic E-state index is 13.2. The van der Waals surface area contributed by atoms with Crippen molar-refractivity contribution in [2.45, 2.75) is 25.3 Å². The second-order valence-electron chi connectivity index (χ2n) is 8.22. The van der Waals surface area contributed by atoms with Crippen molar-refractivity contribution >= 4 is 45.3 Å². The van der Waals surface area contributed by atoms with Crippen LogP contribution in [0, 0.1) is 13.8 Å². The van der Waals surface area contributed by atoms with Gasteiger partial charge in [0.05, 0.1) is 40.5 Å². The molecule has 0 atom stereocenters. The second-order valence-corrected chi connectivity index (χ2v) is 11.0. The zero-order valence-corrected chi connectivity index (χ0v) is 22.4. The molecule has 37 heavy (non-hydrogen) atoms. The average molecular weight is 559 g/mol. The lowest BCUT2D eigenvalue weighted by Crippen LogP contribution is -2.39. The lowest BCUT2D eigenvalue weighted by molar-refractivity contribution is -0.121. The van der Waals surface area contributed by atoms with Crippen LogP contribution in [0.2, 0.25) is 10.0 Å². The normalized spacial score (nSPS) is 11.9. The van der Waals surface area contributed by atoms with Crippen molar-refractivity contribution in [2.24, 2.45) is 5.10 Å². The van der Waals surface area contributed by atoms with Crippen molar-refractivity contribution in [3.63, 3.8) is 0 Å². The van der Waals surface area contributed by atoms with Crippen LogP contribution in [-0.2, 0) is 21.4 Å². The first kappa shape index (κ1) is 26.7. The van der Waals surface area contributed by atoms with Gasteiger partial charge in [0.15, 0.2) is 0 Å². The molecule has 0 saturated carbocycles. The molecule has 0 radical (unpaired) electrons. The SMILES string of the molecule is Cc1cc(/C=N/NC(=O)CN(Cc2ccco2)S(=O)(=O)c2ccccc2)c(C)n1-c1ccc(Cl)c(Cl)c1.